The monoisotopic (exact) mass is 246 g/mol. The van der Waals surface area contributed by atoms with Gasteiger partial charge in [0.2, 0.25) is 0 Å². The molecule has 0 N–H and O–H groups in total. The summed E-state index contributed by atoms with van der Waals surface area (Å²) in [5.74, 6) is 5.66. The molecule has 0 rings (SSSR count). The summed E-state index contributed by atoms with van der Waals surface area (Å²) in [5, 5.41) is 7.06. The zero-order valence-corrected chi connectivity index (χ0v) is 12.7. The molecule has 0 saturated carbocycles. The Balaban J connectivity index is -0.000000506. The molecule has 0 aromatic rings. The fourth-order valence-electron chi connectivity index (χ4n) is 0.825. The number of hydrogen-bond acceptors (Lipinski definition) is 2. The Labute approximate surface area is 113 Å². The average molecular weight is 246 g/mol. The van der Waals surface area contributed by atoms with Gasteiger partial charge in [-0.2, -0.15) is 10.2 Å². The summed E-state index contributed by atoms with van der Waals surface area (Å²) in [7, 11) is 0. The molecule has 100 valence electrons. The van der Waals surface area contributed by atoms with Crippen LogP contribution in [0.25, 0.3) is 0 Å². The largest absolute Gasteiger partial charge is 0.167 e. The van der Waals surface area contributed by atoms with Crippen LogP contribution in [0.15, 0.2) is 46.2 Å². The van der Waals surface area contributed by atoms with Gasteiger partial charge in [0, 0.05) is 12.3 Å². The predicted molar refractivity (Wildman–Crippen MR) is 86.2 cm³/mol. The van der Waals surface area contributed by atoms with Crippen molar-refractivity contribution in [3.8, 4) is 11.8 Å². The third kappa shape index (κ3) is 10.6. The van der Waals surface area contributed by atoms with Gasteiger partial charge in [0.25, 0.3) is 0 Å². The van der Waals surface area contributed by atoms with Crippen molar-refractivity contribution < 1.29 is 0 Å². The van der Waals surface area contributed by atoms with Crippen molar-refractivity contribution in [1.82, 2.24) is 0 Å². The highest BCUT2D eigenvalue weighted by atomic mass is 15.2. The smallest absolute Gasteiger partial charge is 0.0570 e. The lowest BCUT2D eigenvalue weighted by molar-refractivity contribution is 1.27. The van der Waals surface area contributed by atoms with Crippen molar-refractivity contribution in [1.29, 1.82) is 0 Å². The van der Waals surface area contributed by atoms with Crippen LogP contribution in [-0.2, 0) is 0 Å². The standard InChI is InChI=1S/C12H14N2.2C2H6/c1-6-8-10(3)11(4)12(7-2)9-14-13-5;2*1-2/h7,9H,2-3,5H2,1,4H3;2*1-2H3/b12-11+,14-9-;;. The van der Waals surface area contributed by atoms with Crippen molar-refractivity contribution in [2.45, 2.75) is 41.5 Å². The SMILES string of the molecule is C=CC(/C=N\N=C)=C(/C)C(=C)C#CC.CC.CC. The topological polar surface area (TPSA) is 24.7 Å². The van der Waals surface area contributed by atoms with E-state index in [9.17, 15) is 0 Å². The molecule has 0 aromatic heterocycles. The average Bonchev–Trinajstić information content (AvgIpc) is 2.44. The lowest BCUT2D eigenvalue weighted by Gasteiger charge is -2.00. The van der Waals surface area contributed by atoms with Crippen LogP contribution in [0.4, 0.5) is 0 Å². The Morgan fingerprint density at radius 3 is 2.00 bits per heavy atom. The van der Waals surface area contributed by atoms with Crippen LogP contribution in [0.5, 0.6) is 0 Å². The number of hydrogen-bond donors (Lipinski definition) is 0. The fraction of sp³-hybridized carbons (Fsp3) is 0.375. The van der Waals surface area contributed by atoms with E-state index >= 15 is 0 Å². The van der Waals surface area contributed by atoms with E-state index in [-0.39, 0.29) is 0 Å². The molecule has 0 unspecified atom stereocenters. The minimum Gasteiger partial charge on any atom is -0.167 e. The molecule has 0 aromatic carbocycles. The normalized spacial score (nSPS) is 9.44. The summed E-state index contributed by atoms with van der Waals surface area (Å²) in [6.07, 6.45) is 3.27. The maximum absolute atomic E-state index is 3.83. The number of nitrogens with zero attached hydrogens (tertiary/aromatic N) is 2. The minimum atomic E-state index is 0.762. The molecule has 0 amide bonds. The minimum absolute atomic E-state index is 0.762. The molecule has 0 bridgehead atoms. The molecule has 0 heterocycles. The zero-order chi connectivity index (χ0) is 15.0. The first kappa shape index (κ1) is 21.4. The van der Waals surface area contributed by atoms with Crippen LogP contribution in [0, 0.1) is 11.8 Å². The molecule has 0 radical (unpaired) electrons. The Morgan fingerprint density at radius 1 is 1.17 bits per heavy atom. The Morgan fingerprint density at radius 2 is 1.67 bits per heavy atom. The van der Waals surface area contributed by atoms with Crippen LogP contribution in [0.3, 0.4) is 0 Å². The summed E-state index contributed by atoms with van der Waals surface area (Å²) < 4.78 is 0. The third-order valence-electron chi connectivity index (χ3n) is 1.66. The highest BCUT2D eigenvalue weighted by Gasteiger charge is 1.98. The van der Waals surface area contributed by atoms with Gasteiger partial charge in [-0.3, -0.25) is 0 Å². The second-order valence-corrected chi connectivity index (χ2v) is 2.52. The van der Waals surface area contributed by atoms with Crippen LogP contribution in [-0.4, -0.2) is 12.9 Å². The maximum atomic E-state index is 3.83. The number of allylic oxidation sites excluding steroid dienone is 4. The van der Waals surface area contributed by atoms with E-state index in [4.69, 9.17) is 0 Å². The lowest BCUT2D eigenvalue weighted by atomic mass is 10.0. The molecule has 0 aliphatic heterocycles. The molecule has 0 atom stereocenters. The molecular weight excluding hydrogens is 220 g/mol. The van der Waals surface area contributed by atoms with E-state index in [1.54, 1.807) is 19.2 Å². The van der Waals surface area contributed by atoms with Gasteiger partial charge in [-0.05, 0) is 25.0 Å². The predicted octanol–water partition coefficient (Wildman–Crippen LogP) is 4.81. The molecule has 0 fully saturated rings. The second-order valence-electron chi connectivity index (χ2n) is 2.52. The van der Waals surface area contributed by atoms with E-state index in [2.05, 4.69) is 41.9 Å². The summed E-state index contributed by atoms with van der Waals surface area (Å²) in [6.45, 7) is 22.4. The van der Waals surface area contributed by atoms with Crippen molar-refractivity contribution in [2.24, 2.45) is 10.2 Å². The van der Waals surface area contributed by atoms with E-state index in [1.165, 1.54) is 0 Å². The third-order valence-corrected chi connectivity index (χ3v) is 1.66. The highest BCUT2D eigenvalue weighted by molar-refractivity contribution is 5.84. The highest BCUT2D eigenvalue weighted by Crippen LogP contribution is 2.11. The van der Waals surface area contributed by atoms with Gasteiger partial charge in [-0.25, -0.2) is 0 Å². The van der Waals surface area contributed by atoms with Gasteiger partial charge < -0.3 is 0 Å². The summed E-state index contributed by atoms with van der Waals surface area (Å²) in [4.78, 5) is 0. The molecular formula is C16H26N2. The first-order valence-corrected chi connectivity index (χ1v) is 6.11. The van der Waals surface area contributed by atoms with E-state index in [1.807, 2.05) is 34.6 Å². The second kappa shape index (κ2) is 17.5. The van der Waals surface area contributed by atoms with Crippen molar-refractivity contribution >= 4 is 12.9 Å². The van der Waals surface area contributed by atoms with Crippen molar-refractivity contribution in [3.05, 3.63) is 36.0 Å². The molecule has 0 spiro atoms. The maximum Gasteiger partial charge on any atom is 0.0570 e. The molecule has 2 heteroatoms. The fourth-order valence-corrected chi connectivity index (χ4v) is 0.825. The molecule has 18 heavy (non-hydrogen) atoms. The van der Waals surface area contributed by atoms with Gasteiger partial charge >= 0.3 is 0 Å². The van der Waals surface area contributed by atoms with Crippen LogP contribution in [0.2, 0.25) is 0 Å². The van der Waals surface area contributed by atoms with Crippen LogP contribution < -0.4 is 0 Å². The first-order chi connectivity index (χ1) is 8.67. The van der Waals surface area contributed by atoms with Gasteiger partial charge in [0.1, 0.15) is 0 Å². The zero-order valence-electron chi connectivity index (χ0n) is 12.7. The van der Waals surface area contributed by atoms with Gasteiger partial charge in [-0.15, -0.1) is 5.92 Å². The van der Waals surface area contributed by atoms with E-state index < -0.39 is 0 Å². The molecule has 0 aliphatic carbocycles. The van der Waals surface area contributed by atoms with Gasteiger partial charge in [-0.1, -0.05) is 52.8 Å². The summed E-state index contributed by atoms with van der Waals surface area (Å²) in [5.41, 5.74) is 2.56. The summed E-state index contributed by atoms with van der Waals surface area (Å²) in [6, 6.07) is 0. The van der Waals surface area contributed by atoms with Crippen molar-refractivity contribution in [2.75, 3.05) is 0 Å². The quantitative estimate of drug-likeness (QED) is 0.294. The van der Waals surface area contributed by atoms with Gasteiger partial charge in [0.05, 0.1) is 6.21 Å². The summed E-state index contributed by atoms with van der Waals surface area (Å²) >= 11 is 0. The molecule has 0 aliphatic rings. The van der Waals surface area contributed by atoms with Crippen LogP contribution in [0.1, 0.15) is 41.5 Å². The Bertz CT molecular complexity index is 360. The van der Waals surface area contributed by atoms with Crippen molar-refractivity contribution in [3.63, 3.8) is 0 Å². The van der Waals surface area contributed by atoms with Crippen LogP contribution >= 0.6 is 0 Å². The van der Waals surface area contributed by atoms with E-state index in [0.29, 0.717) is 0 Å². The van der Waals surface area contributed by atoms with Gasteiger partial charge in [0.15, 0.2) is 0 Å². The Kier molecular flexibility index (Phi) is 20.8. The molecule has 0 saturated heterocycles. The number of rotatable bonds is 4. The first-order valence-electron chi connectivity index (χ1n) is 6.11. The lowest BCUT2D eigenvalue weighted by Crippen LogP contribution is -1.89. The van der Waals surface area contributed by atoms with E-state index in [0.717, 1.165) is 16.7 Å². The molecule has 2 nitrogen and oxygen atoms in total. The Hall–Kier alpha value is -1.88.